The van der Waals surface area contributed by atoms with Crippen LogP contribution in [0.4, 0.5) is 5.69 Å². The molecule has 0 spiro atoms. The number of fused-ring (bicyclic) bond motifs is 1. The van der Waals surface area contributed by atoms with E-state index in [1.54, 1.807) is 4.90 Å². The number of carbonyl (C=O) groups is 2. The monoisotopic (exact) mass is 356 g/mol. The maximum Gasteiger partial charge on any atom is 0.268 e. The van der Waals surface area contributed by atoms with Crippen molar-refractivity contribution in [2.24, 2.45) is 0 Å². The molecule has 1 heterocycles. The van der Waals surface area contributed by atoms with Gasteiger partial charge >= 0.3 is 0 Å². The number of hydrogen-bond donors (Lipinski definition) is 1. The summed E-state index contributed by atoms with van der Waals surface area (Å²) in [5.74, 6) is 0.400. The number of hydrogen-bond acceptors (Lipinski definition) is 3. The summed E-state index contributed by atoms with van der Waals surface area (Å²) in [4.78, 5) is 26.7. The number of anilines is 1. The van der Waals surface area contributed by atoms with Crippen LogP contribution in [0.5, 0.6) is 5.75 Å². The van der Waals surface area contributed by atoms with E-state index in [0.717, 1.165) is 24.8 Å². The summed E-state index contributed by atoms with van der Waals surface area (Å²) in [7, 11) is 0. The van der Waals surface area contributed by atoms with E-state index in [0.29, 0.717) is 24.4 Å². The van der Waals surface area contributed by atoms with E-state index in [4.69, 9.17) is 4.74 Å². The summed E-state index contributed by atoms with van der Waals surface area (Å²) in [5, 5.41) is 2.96. The molecule has 0 saturated heterocycles. The first-order chi connectivity index (χ1) is 12.6. The Morgan fingerprint density at radius 2 is 2.19 bits per heavy atom. The summed E-state index contributed by atoms with van der Waals surface area (Å²) in [5.41, 5.74) is 3.15. The molecule has 0 radical (unpaired) electrons. The molecule has 5 nitrogen and oxygen atoms in total. The molecule has 5 heteroatoms. The first-order valence-electron chi connectivity index (χ1n) is 9.61. The SMILES string of the molecule is CC[C@@H]1Oc2ccc(C)cc2N(CC(=O)NCCC2=CCCCC2)C1=O. The minimum Gasteiger partial charge on any atom is -0.478 e. The highest BCUT2D eigenvalue weighted by molar-refractivity contribution is 6.03. The number of benzene rings is 1. The van der Waals surface area contributed by atoms with E-state index >= 15 is 0 Å². The molecule has 1 N–H and O–H groups in total. The number of aryl methyl sites for hydroxylation is 1. The number of carbonyl (C=O) groups excluding carboxylic acids is 2. The van der Waals surface area contributed by atoms with Crippen molar-refractivity contribution >= 4 is 17.5 Å². The third-order valence-electron chi connectivity index (χ3n) is 5.04. The summed E-state index contributed by atoms with van der Waals surface area (Å²) in [6.45, 7) is 4.54. The fourth-order valence-corrected chi connectivity index (χ4v) is 3.55. The Hall–Kier alpha value is -2.30. The number of allylic oxidation sites excluding steroid dienone is 1. The van der Waals surface area contributed by atoms with Gasteiger partial charge in [0.05, 0.1) is 5.69 Å². The lowest BCUT2D eigenvalue weighted by Crippen LogP contribution is -2.49. The molecule has 1 aliphatic heterocycles. The average molecular weight is 356 g/mol. The predicted molar refractivity (Wildman–Crippen MR) is 102 cm³/mol. The lowest BCUT2D eigenvalue weighted by atomic mass is 9.97. The first kappa shape index (κ1) is 18.5. The van der Waals surface area contributed by atoms with Crippen LogP contribution in [0.3, 0.4) is 0 Å². The van der Waals surface area contributed by atoms with Crippen LogP contribution in [0, 0.1) is 6.92 Å². The van der Waals surface area contributed by atoms with E-state index in [9.17, 15) is 9.59 Å². The van der Waals surface area contributed by atoms with Crippen LogP contribution in [-0.2, 0) is 9.59 Å². The van der Waals surface area contributed by atoms with Crippen molar-refractivity contribution < 1.29 is 14.3 Å². The molecule has 1 atom stereocenters. The Morgan fingerprint density at radius 1 is 1.35 bits per heavy atom. The number of amides is 2. The minimum absolute atomic E-state index is 0.0359. The van der Waals surface area contributed by atoms with Crippen molar-refractivity contribution in [3.05, 3.63) is 35.4 Å². The number of nitrogens with zero attached hydrogens (tertiary/aromatic N) is 1. The van der Waals surface area contributed by atoms with Gasteiger partial charge in [-0.25, -0.2) is 0 Å². The second-order valence-electron chi connectivity index (χ2n) is 7.12. The van der Waals surface area contributed by atoms with Gasteiger partial charge in [-0.2, -0.15) is 0 Å². The van der Waals surface area contributed by atoms with Gasteiger partial charge in [0.2, 0.25) is 5.91 Å². The smallest absolute Gasteiger partial charge is 0.268 e. The molecule has 0 aromatic heterocycles. The molecule has 0 unspecified atom stereocenters. The number of ether oxygens (including phenoxy) is 1. The van der Waals surface area contributed by atoms with Crippen LogP contribution in [-0.4, -0.2) is 31.0 Å². The summed E-state index contributed by atoms with van der Waals surface area (Å²) in [6.07, 6.45) is 8.07. The van der Waals surface area contributed by atoms with Gasteiger partial charge in [0, 0.05) is 6.54 Å². The van der Waals surface area contributed by atoms with E-state index in [2.05, 4.69) is 11.4 Å². The van der Waals surface area contributed by atoms with E-state index < -0.39 is 6.10 Å². The van der Waals surface area contributed by atoms with Gasteiger partial charge in [-0.15, -0.1) is 0 Å². The molecule has 1 aromatic carbocycles. The van der Waals surface area contributed by atoms with Crippen molar-refractivity contribution in [1.29, 1.82) is 0 Å². The summed E-state index contributed by atoms with van der Waals surface area (Å²) < 4.78 is 5.79. The Morgan fingerprint density at radius 3 is 2.92 bits per heavy atom. The van der Waals surface area contributed by atoms with Gasteiger partial charge < -0.3 is 10.1 Å². The van der Waals surface area contributed by atoms with Gasteiger partial charge in [0.15, 0.2) is 6.10 Å². The van der Waals surface area contributed by atoms with Gasteiger partial charge in [-0.05, 0) is 63.1 Å². The Bertz CT molecular complexity index is 711. The molecular formula is C21H28N2O3. The molecular weight excluding hydrogens is 328 g/mol. The fourth-order valence-electron chi connectivity index (χ4n) is 3.55. The predicted octanol–water partition coefficient (Wildman–Crippen LogP) is 3.51. The van der Waals surface area contributed by atoms with E-state index in [-0.39, 0.29) is 18.4 Å². The molecule has 140 valence electrons. The quantitative estimate of drug-likeness (QED) is 0.794. The van der Waals surface area contributed by atoms with Crippen LogP contribution in [0.25, 0.3) is 0 Å². The lowest BCUT2D eigenvalue weighted by Gasteiger charge is -2.34. The van der Waals surface area contributed by atoms with Crippen LogP contribution in [0.2, 0.25) is 0 Å². The molecule has 0 bridgehead atoms. The maximum absolute atomic E-state index is 12.7. The Balaban J connectivity index is 1.63. The molecule has 26 heavy (non-hydrogen) atoms. The molecule has 1 aliphatic carbocycles. The summed E-state index contributed by atoms with van der Waals surface area (Å²) >= 11 is 0. The molecule has 2 amide bonds. The maximum atomic E-state index is 12.7. The normalized spacial score (nSPS) is 19.5. The molecule has 3 rings (SSSR count). The van der Waals surface area contributed by atoms with Crippen LogP contribution < -0.4 is 15.0 Å². The van der Waals surface area contributed by atoms with Gasteiger partial charge in [-0.1, -0.05) is 24.6 Å². The third kappa shape index (κ3) is 4.26. The molecule has 0 fully saturated rings. The minimum atomic E-state index is -0.523. The van der Waals surface area contributed by atoms with Gasteiger partial charge in [0.1, 0.15) is 12.3 Å². The fraction of sp³-hybridized carbons (Fsp3) is 0.524. The highest BCUT2D eigenvalue weighted by Gasteiger charge is 2.34. The van der Waals surface area contributed by atoms with Gasteiger partial charge in [-0.3, -0.25) is 14.5 Å². The second kappa shape index (κ2) is 8.39. The Labute approximate surface area is 155 Å². The van der Waals surface area contributed by atoms with E-state index in [1.807, 2.05) is 32.0 Å². The molecule has 1 aromatic rings. The van der Waals surface area contributed by atoms with Crippen molar-refractivity contribution in [2.45, 2.75) is 58.5 Å². The largest absolute Gasteiger partial charge is 0.478 e. The van der Waals surface area contributed by atoms with Gasteiger partial charge in [0.25, 0.3) is 5.91 Å². The molecule has 0 saturated carbocycles. The van der Waals surface area contributed by atoms with Crippen molar-refractivity contribution in [1.82, 2.24) is 5.32 Å². The topological polar surface area (TPSA) is 58.6 Å². The standard InChI is InChI=1S/C21H28N2O3/c1-3-18-21(25)23(17-13-15(2)9-10-19(17)26-18)14-20(24)22-12-11-16-7-5-4-6-8-16/h7,9-10,13,18H,3-6,8,11-12,14H2,1-2H3,(H,22,24)/t18-/m0/s1. The Kier molecular flexibility index (Phi) is 5.96. The highest BCUT2D eigenvalue weighted by atomic mass is 16.5. The zero-order chi connectivity index (χ0) is 18.5. The number of rotatable bonds is 6. The lowest BCUT2D eigenvalue weighted by molar-refractivity contribution is -0.129. The van der Waals surface area contributed by atoms with Crippen molar-refractivity contribution in [3.8, 4) is 5.75 Å². The van der Waals surface area contributed by atoms with Crippen molar-refractivity contribution in [3.63, 3.8) is 0 Å². The zero-order valence-corrected chi connectivity index (χ0v) is 15.7. The van der Waals surface area contributed by atoms with Crippen LogP contribution >= 0.6 is 0 Å². The average Bonchev–Trinajstić information content (AvgIpc) is 2.65. The third-order valence-corrected chi connectivity index (χ3v) is 5.04. The van der Waals surface area contributed by atoms with Crippen LogP contribution in [0.15, 0.2) is 29.8 Å². The molecule has 2 aliphatic rings. The van der Waals surface area contributed by atoms with E-state index in [1.165, 1.54) is 18.4 Å². The summed E-state index contributed by atoms with van der Waals surface area (Å²) in [6, 6.07) is 5.73. The highest BCUT2D eigenvalue weighted by Crippen LogP contribution is 2.35. The van der Waals surface area contributed by atoms with Crippen molar-refractivity contribution in [2.75, 3.05) is 18.0 Å². The second-order valence-corrected chi connectivity index (χ2v) is 7.12. The first-order valence-corrected chi connectivity index (χ1v) is 9.61. The zero-order valence-electron chi connectivity index (χ0n) is 15.7. The number of nitrogens with one attached hydrogen (secondary N) is 1. The van der Waals surface area contributed by atoms with Crippen LogP contribution in [0.1, 0.15) is 51.0 Å².